The molecular weight excluding hydrogens is 256 g/mol. The van der Waals surface area contributed by atoms with Crippen molar-refractivity contribution in [1.29, 1.82) is 0 Å². The second-order valence-electron chi connectivity index (χ2n) is 3.67. The summed E-state index contributed by atoms with van der Waals surface area (Å²) < 4.78 is 29.6. The fraction of sp³-hybridized carbons (Fsp3) is 0.100. The molecule has 7 nitrogen and oxygen atoms in total. The number of sulfonamides is 1. The second kappa shape index (κ2) is 4.31. The van der Waals surface area contributed by atoms with Crippen LogP contribution >= 0.6 is 0 Å². The molecule has 2 rings (SSSR count). The Hall–Kier alpha value is -2.06. The number of nitrogens with zero attached hydrogens (tertiary/aromatic N) is 2. The van der Waals surface area contributed by atoms with Crippen LogP contribution in [0.1, 0.15) is 5.76 Å². The van der Waals surface area contributed by atoms with Gasteiger partial charge in [-0.15, -0.1) is 0 Å². The first-order valence-electron chi connectivity index (χ1n) is 5.00. The number of hydrogen-bond donors (Lipinski definition) is 2. The number of aromatic nitrogens is 1. The van der Waals surface area contributed by atoms with E-state index < -0.39 is 10.0 Å². The minimum atomic E-state index is -3.86. The quantitative estimate of drug-likeness (QED) is 0.479. The van der Waals surface area contributed by atoms with E-state index in [1.54, 1.807) is 6.92 Å². The third-order valence-electron chi connectivity index (χ3n) is 2.28. The minimum absolute atomic E-state index is 0.0179. The van der Waals surface area contributed by atoms with Gasteiger partial charge in [0, 0.05) is 11.8 Å². The Bertz CT molecular complexity index is 648. The Morgan fingerprint density at radius 1 is 1.28 bits per heavy atom. The Morgan fingerprint density at radius 2 is 1.89 bits per heavy atom. The summed E-state index contributed by atoms with van der Waals surface area (Å²) >= 11 is 0. The van der Waals surface area contributed by atoms with E-state index in [4.69, 9.17) is 16.1 Å². The maximum atomic E-state index is 12.1. The molecule has 1 heterocycles. The number of aryl methyl sites for hydroxylation is 1. The molecule has 0 saturated carbocycles. The Kier molecular flexibility index (Phi) is 2.97. The predicted molar refractivity (Wildman–Crippen MR) is 65.9 cm³/mol. The molecule has 96 valence electrons. The van der Waals surface area contributed by atoms with E-state index in [1.165, 1.54) is 30.3 Å². The fourth-order valence-electron chi connectivity index (χ4n) is 1.33. The Labute approximate surface area is 104 Å². The molecule has 1 aromatic carbocycles. The molecule has 2 aromatic rings. The number of hydrogen-bond acceptors (Lipinski definition) is 6. The van der Waals surface area contributed by atoms with Crippen molar-refractivity contribution in [3.8, 4) is 0 Å². The average Bonchev–Trinajstić information content (AvgIpc) is 2.75. The topological polar surface area (TPSA) is 115 Å². The molecule has 0 bridgehead atoms. The molecule has 0 fully saturated rings. The van der Waals surface area contributed by atoms with Gasteiger partial charge in [-0.05, 0) is 31.2 Å². The normalized spacial score (nSPS) is 11.4. The lowest BCUT2D eigenvalue weighted by atomic mass is 10.3. The van der Waals surface area contributed by atoms with Crippen LogP contribution in [0.15, 0.2) is 39.8 Å². The summed E-state index contributed by atoms with van der Waals surface area (Å²) in [5.74, 6) is 6.03. The van der Waals surface area contributed by atoms with Crippen LogP contribution in [-0.2, 0) is 10.0 Å². The molecular formula is C10H12N4O3S. The molecule has 0 saturated heterocycles. The van der Waals surface area contributed by atoms with Gasteiger partial charge in [0.05, 0.1) is 4.90 Å². The van der Waals surface area contributed by atoms with Crippen molar-refractivity contribution in [2.75, 3.05) is 10.1 Å². The van der Waals surface area contributed by atoms with E-state index in [9.17, 15) is 8.42 Å². The number of rotatable bonds is 3. The molecule has 0 spiro atoms. The molecule has 0 amide bonds. The van der Waals surface area contributed by atoms with Crippen LogP contribution in [0.5, 0.6) is 0 Å². The van der Waals surface area contributed by atoms with Gasteiger partial charge in [-0.25, -0.2) is 5.84 Å². The predicted octanol–water partition coefficient (Wildman–Crippen LogP) is 0.634. The Morgan fingerprint density at radius 3 is 2.39 bits per heavy atom. The number of nitrogens with two attached hydrogens (primary N) is 2. The van der Waals surface area contributed by atoms with Gasteiger partial charge in [0.25, 0.3) is 10.0 Å². The fourth-order valence-corrected chi connectivity index (χ4v) is 2.37. The van der Waals surface area contributed by atoms with E-state index in [0.29, 0.717) is 15.9 Å². The van der Waals surface area contributed by atoms with Gasteiger partial charge in [0.2, 0.25) is 5.82 Å². The van der Waals surface area contributed by atoms with E-state index in [-0.39, 0.29) is 10.7 Å². The number of anilines is 2. The first-order valence-corrected chi connectivity index (χ1v) is 6.44. The van der Waals surface area contributed by atoms with Crippen molar-refractivity contribution < 1.29 is 12.9 Å². The smallest absolute Gasteiger partial charge is 0.279 e. The lowest BCUT2D eigenvalue weighted by Gasteiger charge is -2.15. The van der Waals surface area contributed by atoms with Crippen LogP contribution in [0, 0.1) is 6.92 Å². The highest BCUT2D eigenvalue weighted by Crippen LogP contribution is 2.20. The molecule has 0 atom stereocenters. The van der Waals surface area contributed by atoms with Crippen LogP contribution in [0.3, 0.4) is 0 Å². The van der Waals surface area contributed by atoms with Crippen molar-refractivity contribution in [1.82, 2.24) is 5.16 Å². The summed E-state index contributed by atoms with van der Waals surface area (Å²) in [6.07, 6.45) is 0. The van der Waals surface area contributed by atoms with Gasteiger partial charge in [0.1, 0.15) is 5.76 Å². The van der Waals surface area contributed by atoms with Gasteiger partial charge in [-0.2, -0.15) is 12.8 Å². The van der Waals surface area contributed by atoms with E-state index in [2.05, 4.69) is 5.16 Å². The zero-order valence-corrected chi connectivity index (χ0v) is 10.4. The average molecular weight is 268 g/mol. The van der Waals surface area contributed by atoms with Crippen molar-refractivity contribution in [2.45, 2.75) is 11.8 Å². The van der Waals surface area contributed by atoms with E-state index >= 15 is 0 Å². The number of hydrazine groups is 1. The van der Waals surface area contributed by atoms with Crippen LogP contribution in [0.2, 0.25) is 0 Å². The van der Waals surface area contributed by atoms with E-state index in [1.807, 2.05) is 0 Å². The lowest BCUT2D eigenvalue weighted by Crippen LogP contribution is -2.37. The maximum Gasteiger partial charge on any atom is 0.279 e. The summed E-state index contributed by atoms with van der Waals surface area (Å²) in [6, 6.07) is 7.13. The molecule has 0 aliphatic carbocycles. The Balaban J connectivity index is 2.39. The first-order chi connectivity index (χ1) is 8.41. The maximum absolute atomic E-state index is 12.1. The van der Waals surface area contributed by atoms with Crippen molar-refractivity contribution in [2.24, 2.45) is 5.84 Å². The first kappa shape index (κ1) is 12.4. The summed E-state index contributed by atoms with van der Waals surface area (Å²) in [4.78, 5) is 0.0276. The molecule has 1 aromatic heterocycles. The van der Waals surface area contributed by atoms with Crippen LogP contribution in [0.25, 0.3) is 0 Å². The van der Waals surface area contributed by atoms with Gasteiger partial charge in [-0.3, -0.25) is 0 Å². The molecule has 0 aliphatic rings. The highest BCUT2D eigenvalue weighted by Gasteiger charge is 2.24. The summed E-state index contributed by atoms with van der Waals surface area (Å²) in [5, 5.41) is 3.55. The summed E-state index contributed by atoms with van der Waals surface area (Å²) in [5.41, 5.74) is 5.96. The molecule has 18 heavy (non-hydrogen) atoms. The zero-order valence-electron chi connectivity index (χ0n) is 9.57. The standard InChI is InChI=1S/C10H12N4O3S/c1-7-6-10(13-17-7)14(12)18(15,16)9-4-2-8(11)3-5-9/h2-6H,11-12H2,1H3. The van der Waals surface area contributed by atoms with Gasteiger partial charge >= 0.3 is 0 Å². The molecule has 0 unspecified atom stereocenters. The third kappa shape index (κ3) is 2.15. The van der Waals surface area contributed by atoms with Crippen LogP contribution < -0.4 is 16.0 Å². The third-order valence-corrected chi connectivity index (χ3v) is 3.85. The van der Waals surface area contributed by atoms with Crippen molar-refractivity contribution in [3.05, 3.63) is 36.1 Å². The number of benzene rings is 1. The highest BCUT2D eigenvalue weighted by atomic mass is 32.2. The van der Waals surface area contributed by atoms with Crippen molar-refractivity contribution >= 4 is 21.5 Å². The summed E-state index contributed by atoms with van der Waals surface area (Å²) in [7, 11) is -3.86. The molecule has 8 heteroatoms. The van der Waals surface area contributed by atoms with Crippen molar-refractivity contribution in [3.63, 3.8) is 0 Å². The monoisotopic (exact) mass is 268 g/mol. The molecule has 0 radical (unpaired) electrons. The van der Waals surface area contributed by atoms with Crippen LogP contribution in [-0.4, -0.2) is 13.6 Å². The van der Waals surface area contributed by atoms with Gasteiger partial charge < -0.3 is 10.3 Å². The minimum Gasteiger partial charge on any atom is -0.399 e. The van der Waals surface area contributed by atoms with E-state index in [0.717, 1.165) is 0 Å². The second-order valence-corrected chi connectivity index (χ2v) is 5.48. The van der Waals surface area contributed by atoms with Crippen LogP contribution in [0.4, 0.5) is 11.5 Å². The molecule has 4 N–H and O–H groups in total. The number of nitrogen functional groups attached to an aromatic ring is 1. The molecule has 0 aliphatic heterocycles. The SMILES string of the molecule is Cc1cc(N(N)S(=O)(=O)c2ccc(N)cc2)no1. The lowest BCUT2D eigenvalue weighted by molar-refractivity contribution is 0.398. The largest absolute Gasteiger partial charge is 0.399 e. The summed E-state index contributed by atoms with van der Waals surface area (Å²) in [6.45, 7) is 1.64. The van der Waals surface area contributed by atoms with Gasteiger partial charge in [-0.1, -0.05) is 5.16 Å². The highest BCUT2D eigenvalue weighted by molar-refractivity contribution is 7.92. The zero-order chi connectivity index (χ0) is 13.3. The van der Waals surface area contributed by atoms with Gasteiger partial charge in [0.15, 0.2) is 0 Å².